The van der Waals surface area contributed by atoms with Gasteiger partial charge in [-0.05, 0) is 44.2 Å². The molecule has 8 heteroatoms. The van der Waals surface area contributed by atoms with Crippen molar-refractivity contribution in [1.82, 2.24) is 4.90 Å². The highest BCUT2D eigenvalue weighted by Crippen LogP contribution is 2.43. The summed E-state index contributed by atoms with van der Waals surface area (Å²) in [6, 6.07) is 4.76. The molecule has 2 heterocycles. The van der Waals surface area contributed by atoms with Gasteiger partial charge in [0.05, 0.1) is 22.4 Å². The lowest BCUT2D eigenvalue weighted by atomic mass is 9.76. The van der Waals surface area contributed by atoms with Crippen molar-refractivity contribution >= 4 is 28.9 Å². The van der Waals surface area contributed by atoms with Crippen LogP contribution in [0, 0.1) is 27.9 Å². The van der Waals surface area contributed by atoms with Gasteiger partial charge in [-0.15, -0.1) is 0 Å². The maximum absolute atomic E-state index is 13.0. The zero-order valence-electron chi connectivity index (χ0n) is 18.2. The summed E-state index contributed by atoms with van der Waals surface area (Å²) in [6.45, 7) is 11.8. The molecule has 166 valence electrons. The molecule has 2 amide bonds. The highest BCUT2D eigenvalue weighted by molar-refractivity contribution is 6.22. The first-order valence-corrected chi connectivity index (χ1v) is 11.0. The Labute approximate surface area is 182 Å². The van der Waals surface area contributed by atoms with Gasteiger partial charge >= 0.3 is 0 Å². The molecule has 0 radical (unpaired) electrons. The highest BCUT2D eigenvalue weighted by Gasteiger charge is 2.50. The van der Waals surface area contributed by atoms with Crippen LogP contribution in [0.4, 0.5) is 17.1 Å². The molecule has 3 unspecified atom stereocenters. The van der Waals surface area contributed by atoms with Crippen LogP contribution in [-0.2, 0) is 9.59 Å². The van der Waals surface area contributed by atoms with Gasteiger partial charge in [-0.25, -0.2) is 4.90 Å². The van der Waals surface area contributed by atoms with E-state index in [0.29, 0.717) is 43.2 Å². The van der Waals surface area contributed by atoms with E-state index in [1.54, 1.807) is 12.1 Å². The second-order valence-corrected chi connectivity index (χ2v) is 9.29. The number of hydrogen-bond donors (Lipinski definition) is 0. The van der Waals surface area contributed by atoms with Gasteiger partial charge in [-0.1, -0.05) is 19.1 Å². The predicted molar refractivity (Wildman–Crippen MR) is 119 cm³/mol. The Kier molecular flexibility index (Phi) is 5.83. The van der Waals surface area contributed by atoms with Gasteiger partial charge in [0.2, 0.25) is 11.8 Å². The summed E-state index contributed by atoms with van der Waals surface area (Å²) in [4.78, 5) is 42.9. The molecule has 3 fully saturated rings. The normalized spacial score (nSPS) is 26.8. The number of nitro benzene ring substituents is 1. The van der Waals surface area contributed by atoms with Crippen molar-refractivity contribution in [2.24, 2.45) is 17.8 Å². The average molecular weight is 427 g/mol. The number of nitrogens with zero attached hydrogens (tertiary/aromatic N) is 4. The van der Waals surface area contributed by atoms with E-state index in [0.717, 1.165) is 31.6 Å². The van der Waals surface area contributed by atoms with E-state index in [4.69, 9.17) is 0 Å². The molecular formula is C23H30N4O4. The number of carbonyl (C=O) groups is 2. The van der Waals surface area contributed by atoms with Crippen molar-refractivity contribution in [3.05, 3.63) is 40.5 Å². The lowest BCUT2D eigenvalue weighted by Gasteiger charge is -2.36. The SMILES string of the molecule is C=C(C)CN1CCN(c2ccc(N3C(=O)C4CCC(C)CC4C3=O)cc2[N+](=O)[O-])CC1. The lowest BCUT2D eigenvalue weighted by molar-refractivity contribution is -0.384. The lowest BCUT2D eigenvalue weighted by Crippen LogP contribution is -2.47. The van der Waals surface area contributed by atoms with E-state index >= 15 is 0 Å². The van der Waals surface area contributed by atoms with Crippen LogP contribution >= 0.6 is 0 Å². The number of benzene rings is 1. The Bertz CT molecular complexity index is 922. The fourth-order valence-electron chi connectivity index (χ4n) is 5.24. The quantitative estimate of drug-likeness (QED) is 0.311. The molecule has 3 aliphatic rings. The molecule has 31 heavy (non-hydrogen) atoms. The third kappa shape index (κ3) is 4.08. The average Bonchev–Trinajstić information content (AvgIpc) is 2.97. The van der Waals surface area contributed by atoms with E-state index in [2.05, 4.69) is 18.4 Å². The van der Waals surface area contributed by atoms with Crippen molar-refractivity contribution in [3.8, 4) is 0 Å². The molecule has 1 aliphatic carbocycles. The van der Waals surface area contributed by atoms with Crippen molar-refractivity contribution < 1.29 is 14.5 Å². The van der Waals surface area contributed by atoms with Crippen LogP contribution in [0.3, 0.4) is 0 Å². The van der Waals surface area contributed by atoms with Gasteiger partial charge < -0.3 is 4.90 Å². The van der Waals surface area contributed by atoms with Crippen LogP contribution in [0.1, 0.15) is 33.1 Å². The molecule has 2 aliphatic heterocycles. The Balaban J connectivity index is 1.57. The van der Waals surface area contributed by atoms with Gasteiger partial charge in [0.15, 0.2) is 0 Å². The monoisotopic (exact) mass is 426 g/mol. The van der Waals surface area contributed by atoms with E-state index in [1.165, 1.54) is 11.0 Å². The fourth-order valence-corrected chi connectivity index (χ4v) is 5.24. The van der Waals surface area contributed by atoms with Crippen LogP contribution in [0.25, 0.3) is 0 Å². The van der Waals surface area contributed by atoms with Crippen molar-refractivity contribution in [1.29, 1.82) is 0 Å². The fraction of sp³-hybridized carbons (Fsp3) is 0.565. The standard InChI is InChI=1S/C23H30N4O4/c1-15(2)14-24-8-10-25(11-9-24)20-7-5-17(13-21(20)27(30)31)26-22(28)18-6-4-16(3)12-19(18)23(26)29/h5,7,13,16,18-19H,1,4,6,8-12,14H2,2-3H3. The molecule has 0 bridgehead atoms. The van der Waals surface area contributed by atoms with E-state index in [-0.39, 0.29) is 29.3 Å². The van der Waals surface area contributed by atoms with Crippen LogP contribution in [-0.4, -0.2) is 54.4 Å². The number of nitro groups is 1. The minimum atomic E-state index is -0.417. The number of amides is 2. The van der Waals surface area contributed by atoms with Crippen molar-refractivity contribution in [2.75, 3.05) is 42.5 Å². The highest BCUT2D eigenvalue weighted by atomic mass is 16.6. The van der Waals surface area contributed by atoms with Crippen LogP contribution in [0.15, 0.2) is 30.4 Å². The maximum Gasteiger partial charge on any atom is 0.294 e. The summed E-state index contributed by atoms with van der Waals surface area (Å²) in [7, 11) is 0. The Morgan fingerprint density at radius 3 is 2.45 bits per heavy atom. The first-order chi connectivity index (χ1) is 14.8. The second kappa shape index (κ2) is 8.42. The minimum Gasteiger partial charge on any atom is -0.363 e. The van der Waals surface area contributed by atoms with Crippen LogP contribution in [0.2, 0.25) is 0 Å². The molecule has 3 atom stereocenters. The molecule has 1 aromatic carbocycles. The molecule has 2 saturated heterocycles. The van der Waals surface area contributed by atoms with Crippen LogP contribution < -0.4 is 9.80 Å². The number of rotatable bonds is 5. The van der Waals surface area contributed by atoms with Crippen molar-refractivity contribution in [2.45, 2.75) is 33.1 Å². The largest absolute Gasteiger partial charge is 0.363 e. The number of fused-ring (bicyclic) bond motifs is 1. The topological polar surface area (TPSA) is 87.0 Å². The zero-order valence-corrected chi connectivity index (χ0v) is 18.2. The molecule has 8 nitrogen and oxygen atoms in total. The van der Waals surface area contributed by atoms with E-state index in [9.17, 15) is 19.7 Å². The van der Waals surface area contributed by atoms with Crippen molar-refractivity contribution in [3.63, 3.8) is 0 Å². The van der Waals surface area contributed by atoms with Crippen LogP contribution in [0.5, 0.6) is 0 Å². The molecule has 1 aromatic rings. The summed E-state index contributed by atoms with van der Waals surface area (Å²) in [6.07, 6.45) is 2.35. The second-order valence-electron chi connectivity index (χ2n) is 9.29. The summed E-state index contributed by atoms with van der Waals surface area (Å²) in [5, 5.41) is 11.9. The summed E-state index contributed by atoms with van der Waals surface area (Å²) >= 11 is 0. The van der Waals surface area contributed by atoms with Gasteiger partial charge in [-0.3, -0.25) is 24.6 Å². The number of anilines is 2. The Morgan fingerprint density at radius 1 is 1.13 bits per heavy atom. The van der Waals surface area contributed by atoms with E-state index in [1.807, 2.05) is 11.8 Å². The number of imide groups is 1. The number of carbonyl (C=O) groups excluding carboxylic acids is 2. The molecule has 0 N–H and O–H groups in total. The molecular weight excluding hydrogens is 396 g/mol. The number of piperazine rings is 1. The Hall–Kier alpha value is -2.74. The summed E-state index contributed by atoms with van der Waals surface area (Å²) < 4.78 is 0. The zero-order chi connectivity index (χ0) is 22.3. The molecule has 0 spiro atoms. The predicted octanol–water partition coefficient (Wildman–Crippen LogP) is 3.22. The first-order valence-electron chi connectivity index (χ1n) is 11.0. The third-order valence-corrected chi connectivity index (χ3v) is 6.81. The summed E-state index contributed by atoms with van der Waals surface area (Å²) in [5.41, 5.74) is 1.88. The minimum absolute atomic E-state index is 0.0605. The van der Waals surface area contributed by atoms with E-state index < -0.39 is 4.92 Å². The van der Waals surface area contributed by atoms with Gasteiger partial charge in [-0.2, -0.15) is 0 Å². The number of hydrogen-bond acceptors (Lipinski definition) is 6. The molecule has 1 saturated carbocycles. The summed E-state index contributed by atoms with van der Waals surface area (Å²) in [5.74, 6) is -0.590. The molecule has 4 rings (SSSR count). The third-order valence-electron chi connectivity index (χ3n) is 6.81. The first kappa shape index (κ1) is 21.5. The van der Waals surface area contributed by atoms with Gasteiger partial charge in [0.1, 0.15) is 5.69 Å². The van der Waals surface area contributed by atoms with Gasteiger partial charge in [0.25, 0.3) is 5.69 Å². The molecule has 0 aromatic heterocycles. The maximum atomic E-state index is 13.0. The smallest absolute Gasteiger partial charge is 0.294 e. The Morgan fingerprint density at radius 2 is 1.81 bits per heavy atom. The van der Waals surface area contributed by atoms with Gasteiger partial charge in [0, 0.05) is 38.8 Å².